The molecule has 0 fully saturated rings. The van der Waals surface area contributed by atoms with Crippen LogP contribution in [-0.4, -0.2) is 325 Å². The van der Waals surface area contributed by atoms with Gasteiger partial charge in [0.2, 0.25) is 42.8 Å². The van der Waals surface area contributed by atoms with E-state index in [-0.39, 0.29) is 224 Å². The van der Waals surface area contributed by atoms with Crippen LogP contribution in [0.2, 0.25) is 20.1 Å². The number of urea groups is 4. The lowest BCUT2D eigenvalue weighted by Gasteiger charge is -2.33. The molecule has 4 aromatic carbocycles. The van der Waals surface area contributed by atoms with Crippen molar-refractivity contribution in [1.82, 2.24) is 81.6 Å². The van der Waals surface area contributed by atoms with Gasteiger partial charge in [-0.2, -0.15) is 0 Å². The number of carbonyl (C=O) groups excluding carboxylic acids is 6. The molecular weight excluding hydrogens is 1750 g/mol. The van der Waals surface area contributed by atoms with E-state index in [2.05, 4.69) is 71.8 Å². The van der Waals surface area contributed by atoms with Crippen LogP contribution in [0.15, 0.2) is 82.6 Å². The second-order valence-corrected chi connectivity index (χ2v) is 35.4. The molecule has 2 aliphatic rings. The third-order valence-corrected chi connectivity index (χ3v) is 24.2. The van der Waals surface area contributed by atoms with Crippen molar-refractivity contribution >= 4 is 113 Å². The Morgan fingerprint density at radius 2 is 0.694 bits per heavy atom. The summed E-state index contributed by atoms with van der Waals surface area (Å²) in [4.78, 5) is 85.9. The molecule has 0 bridgehead atoms. The van der Waals surface area contributed by atoms with E-state index in [1.807, 2.05) is 45.4 Å². The summed E-state index contributed by atoms with van der Waals surface area (Å²) in [5, 5.41) is 27.1. The van der Waals surface area contributed by atoms with Gasteiger partial charge in [-0.15, -0.1) is 0 Å². The van der Waals surface area contributed by atoms with Crippen LogP contribution in [0.1, 0.15) is 109 Å². The first-order valence-electron chi connectivity index (χ1n) is 42.1. The van der Waals surface area contributed by atoms with Gasteiger partial charge in [-0.25, -0.2) is 58.6 Å². The largest absolute Gasteiger partial charge is 0.378 e. The predicted molar refractivity (Wildman–Crippen MR) is 476 cm³/mol. The Morgan fingerprint density at radius 1 is 0.395 bits per heavy atom. The summed E-state index contributed by atoms with van der Waals surface area (Å²) in [5.74, 6) is -0.548. The fourth-order valence-electron chi connectivity index (χ4n) is 13.5. The summed E-state index contributed by atoms with van der Waals surface area (Å²) in [7, 11) is -4.62. The van der Waals surface area contributed by atoms with Gasteiger partial charge < -0.3 is 105 Å². The van der Waals surface area contributed by atoms with Crippen molar-refractivity contribution in [2.75, 3.05) is 245 Å². The first kappa shape index (κ1) is 106. The van der Waals surface area contributed by atoms with E-state index >= 15 is 0 Å². The number of sulfonamides is 2. The zero-order valence-electron chi connectivity index (χ0n) is 71.3. The number of carbonyl (C=O) groups is 6. The molecule has 2 atom stereocenters. The van der Waals surface area contributed by atoms with Crippen LogP contribution in [0.25, 0.3) is 0 Å². The molecule has 4 aromatic rings. The number of fused-ring (bicyclic) bond motifs is 2. The molecule has 0 aliphatic carbocycles. The van der Waals surface area contributed by atoms with Crippen molar-refractivity contribution in [2.45, 2.75) is 98.9 Å². The van der Waals surface area contributed by atoms with Crippen LogP contribution in [0, 0.1) is 0 Å². The maximum atomic E-state index is 13.8. The predicted octanol–water partition coefficient (Wildman–Crippen LogP) is 4.93. The average Bonchev–Trinajstić information content (AvgIpc) is 0.776. The molecule has 6 rings (SSSR count). The molecule has 0 radical (unpaired) electrons. The Balaban J connectivity index is 0.869. The second kappa shape index (κ2) is 61.7. The lowest BCUT2D eigenvalue weighted by molar-refractivity contribution is -0.132. The van der Waals surface area contributed by atoms with Gasteiger partial charge in [0.05, 0.1) is 116 Å². The topological polar surface area (TPSA) is 436 Å². The van der Waals surface area contributed by atoms with Crippen molar-refractivity contribution in [3.05, 3.63) is 126 Å². The zero-order chi connectivity index (χ0) is 89.6. The summed E-state index contributed by atoms with van der Waals surface area (Å²) in [6.07, 6.45) is 6.96. The van der Waals surface area contributed by atoms with E-state index < -0.39 is 55.1 Å². The van der Waals surface area contributed by atoms with Gasteiger partial charge in [-0.05, 0) is 116 Å². The number of amides is 10. The number of benzene rings is 4. The van der Waals surface area contributed by atoms with Gasteiger partial charge in [0, 0.05) is 176 Å². The molecule has 2 aliphatic heterocycles. The highest BCUT2D eigenvalue weighted by Gasteiger charge is 2.31. The van der Waals surface area contributed by atoms with E-state index in [1.165, 1.54) is 0 Å². The Hall–Kier alpha value is -6.65. The Labute approximate surface area is 751 Å². The van der Waals surface area contributed by atoms with Gasteiger partial charge in [0.1, 0.15) is 0 Å². The molecule has 0 saturated carbocycles. The van der Waals surface area contributed by atoms with Crippen LogP contribution >= 0.6 is 46.4 Å². The molecule has 12 N–H and O–H groups in total. The molecule has 0 unspecified atom stereocenters. The van der Waals surface area contributed by atoms with E-state index in [9.17, 15) is 54.0 Å². The van der Waals surface area contributed by atoms with E-state index in [4.69, 9.17) is 84.3 Å². The Bertz CT molecular complexity index is 3990. The molecule has 0 saturated heterocycles. The number of hydrogen-bond acceptors (Lipinski definition) is 23. The number of ether oxygens (including phenoxy) is 8. The van der Waals surface area contributed by atoms with Gasteiger partial charge in [0.25, 0.3) is 0 Å². The van der Waals surface area contributed by atoms with E-state index in [0.29, 0.717) is 85.5 Å². The molecule has 43 heteroatoms. The molecule has 698 valence electrons. The number of likely N-dealkylation sites (N-methyl/N-ethyl adjacent to an activating group) is 3. The normalized spacial score (nSPS) is 14.2. The highest BCUT2D eigenvalue weighted by molar-refractivity contribution is 7.89. The quantitative estimate of drug-likeness (QED) is 0.0206. The van der Waals surface area contributed by atoms with Crippen LogP contribution in [0.5, 0.6) is 0 Å². The number of rotatable bonds is 66. The highest BCUT2D eigenvalue weighted by atomic mass is 35.5. The van der Waals surface area contributed by atoms with Crippen LogP contribution < -0.4 is 62.0 Å². The minimum atomic E-state index is -3.88. The average molecular weight is 1880 g/mol. The van der Waals surface area contributed by atoms with Gasteiger partial charge >= 0.3 is 24.1 Å². The molecule has 2 heterocycles. The van der Waals surface area contributed by atoms with Crippen molar-refractivity contribution in [3.8, 4) is 0 Å². The van der Waals surface area contributed by atoms with Gasteiger partial charge in [-0.1, -0.05) is 109 Å². The molecular formula is C81H128Cl4N16O20S3. The smallest absolute Gasteiger partial charge is 0.314 e. The highest BCUT2D eigenvalue weighted by Crippen LogP contribution is 2.41. The molecule has 36 nitrogen and oxygen atoms in total. The number of unbranched alkanes of at least 4 members (excludes halogenated alkanes) is 7. The zero-order valence-corrected chi connectivity index (χ0v) is 76.9. The maximum Gasteiger partial charge on any atom is 0.314 e. The fourth-order valence-corrected chi connectivity index (χ4v) is 17.0. The van der Waals surface area contributed by atoms with Crippen molar-refractivity contribution in [2.24, 2.45) is 0 Å². The summed E-state index contributed by atoms with van der Waals surface area (Å²) >= 11 is 25.9. The summed E-state index contributed by atoms with van der Waals surface area (Å²) in [5.41, 5.74) is 5.49. The standard InChI is InChI=1S/C81H128Cl4N16O20S3/c1-86-24-36-114-44-45-115-37-25-91-78(104)87-20-32-100(33-21-88-79(105)92-26-38-116-46-49-119-41-29-95-122(108)109)76(102)18-10-8-6-4-5-7-9-11-19-77(103)101(34-22-89-80(106)93-27-39-117-47-50-120-42-30-96-123(110,111)66-16-12-14-62(52-66)70-58-98(2)60-72-68(70)54-64(82)56-74(72)84)35-23-90-81(107)94-28-40-118-48-51-121-43-31-97-124(112,113)67-17-13-15-63(53-67)71-59-99(3)61-73-69(71)55-65(83)57-75(73)85/h12-17,52-57,70-71,86,96-97,122H,4-11,18-51,58-61H2,1-3H3,(H2,87,91,104)(H2,88,92,105)(H2,89,93,106)(H2,90,94,107)(H,95,108,109)/t70-,71-/m0/s1. The minimum Gasteiger partial charge on any atom is -0.378 e. The summed E-state index contributed by atoms with van der Waals surface area (Å²) in [6.45, 7) is 9.43. The third-order valence-electron chi connectivity index (χ3n) is 19.7. The molecule has 10 amide bonds. The van der Waals surface area contributed by atoms with Crippen LogP contribution in [0.3, 0.4) is 0 Å². The number of thiol groups is 1. The number of halogens is 4. The monoisotopic (exact) mass is 1880 g/mol. The summed E-state index contributed by atoms with van der Waals surface area (Å²) < 4.78 is 126. The maximum absolute atomic E-state index is 13.8. The summed E-state index contributed by atoms with van der Waals surface area (Å²) in [6, 6.07) is 19.0. The second-order valence-electron chi connectivity index (χ2n) is 29.3. The molecule has 0 spiro atoms. The SMILES string of the molecule is CNCCOCCOCCNC(=O)NCCN(CCNC(=O)NCCOCCOCCN[SH](=O)=O)C(=O)CCCCCCCCCCC(=O)N(CCNC(=O)NCCOCCOCCNS(=O)(=O)c1cccc([C@@H]2CN(C)Cc3c(Cl)cc(Cl)cc32)c1)CCNC(=O)NCCOCCOCCNS(=O)(=O)c1cccc([C@@H]2CN(C)Cc3c(Cl)cc(Cl)cc32)c1. The minimum absolute atomic E-state index is 0.0215. The van der Waals surface area contributed by atoms with Crippen LogP contribution in [0.4, 0.5) is 19.2 Å². The first-order chi connectivity index (χ1) is 59.8. The van der Waals surface area contributed by atoms with Crippen molar-refractivity contribution in [3.63, 3.8) is 0 Å². The first-order valence-corrected chi connectivity index (χ1v) is 47.8. The van der Waals surface area contributed by atoms with Crippen molar-refractivity contribution < 1.29 is 91.9 Å². The Morgan fingerprint density at radius 3 is 1.02 bits per heavy atom. The van der Waals surface area contributed by atoms with E-state index in [1.54, 1.807) is 58.3 Å². The van der Waals surface area contributed by atoms with E-state index in [0.717, 1.165) is 78.5 Å². The lowest BCUT2D eigenvalue weighted by Crippen LogP contribution is -2.46. The lowest BCUT2D eigenvalue weighted by atomic mass is 9.85. The van der Waals surface area contributed by atoms with Crippen molar-refractivity contribution in [1.29, 1.82) is 0 Å². The fraction of sp³-hybridized carbons (Fsp3) is 0.630. The van der Waals surface area contributed by atoms with Crippen LogP contribution in [-0.2, 0) is 91.5 Å². The molecule has 124 heavy (non-hydrogen) atoms. The number of hydrogen-bond donors (Lipinski definition) is 13. The molecule has 0 aromatic heterocycles. The van der Waals surface area contributed by atoms with Gasteiger partial charge in [0.15, 0.2) is 0 Å². The van der Waals surface area contributed by atoms with Gasteiger partial charge in [-0.3, -0.25) is 9.59 Å². The number of nitrogens with zero attached hydrogens (tertiary/aromatic N) is 4. The third kappa shape index (κ3) is 43.4. The number of nitrogens with one attached hydrogen (secondary N) is 12. The Kier molecular flexibility index (Phi) is 52.8.